The minimum atomic E-state index is -0.532. The van der Waals surface area contributed by atoms with E-state index in [0.29, 0.717) is 26.1 Å². The van der Waals surface area contributed by atoms with Gasteiger partial charge in [0.15, 0.2) is 0 Å². The number of morpholine rings is 1. The van der Waals surface area contributed by atoms with E-state index in [0.717, 1.165) is 24.9 Å². The van der Waals surface area contributed by atoms with Crippen molar-refractivity contribution in [3.05, 3.63) is 35.9 Å². The van der Waals surface area contributed by atoms with E-state index in [2.05, 4.69) is 0 Å². The Hall–Kier alpha value is -1.88. The van der Waals surface area contributed by atoms with Gasteiger partial charge in [0, 0.05) is 20.1 Å². The van der Waals surface area contributed by atoms with E-state index in [1.807, 2.05) is 42.2 Å². The Morgan fingerprint density at radius 1 is 1.21 bits per heavy atom. The summed E-state index contributed by atoms with van der Waals surface area (Å²) in [6.45, 7) is 4.29. The van der Waals surface area contributed by atoms with Crippen molar-refractivity contribution in [1.29, 1.82) is 0 Å². The van der Waals surface area contributed by atoms with Crippen molar-refractivity contribution in [3.8, 4) is 0 Å². The fraction of sp³-hybridized carbons (Fsp3) is 0.579. The van der Waals surface area contributed by atoms with Crippen molar-refractivity contribution in [1.82, 2.24) is 9.80 Å². The first-order valence-electron chi connectivity index (χ1n) is 8.74. The lowest BCUT2D eigenvalue weighted by molar-refractivity contribution is -0.158. The summed E-state index contributed by atoms with van der Waals surface area (Å²) in [6, 6.07) is 9.98. The highest BCUT2D eigenvalue weighted by atomic mass is 16.5. The van der Waals surface area contributed by atoms with Crippen molar-refractivity contribution in [2.75, 3.05) is 33.3 Å². The third-order valence-corrected chi connectivity index (χ3v) is 5.18. The monoisotopic (exact) mass is 330 g/mol. The summed E-state index contributed by atoms with van der Waals surface area (Å²) in [5, 5.41) is 0. The molecule has 2 fully saturated rings. The van der Waals surface area contributed by atoms with Gasteiger partial charge >= 0.3 is 0 Å². The summed E-state index contributed by atoms with van der Waals surface area (Å²) in [7, 11) is 1.79. The Labute approximate surface area is 143 Å². The Bertz CT molecular complexity index is 604. The summed E-state index contributed by atoms with van der Waals surface area (Å²) in [5.41, 5.74) is 0.543. The lowest BCUT2D eigenvalue weighted by Crippen LogP contribution is -2.53. The van der Waals surface area contributed by atoms with E-state index in [1.54, 1.807) is 11.9 Å². The third kappa shape index (κ3) is 3.31. The molecule has 2 aliphatic rings. The summed E-state index contributed by atoms with van der Waals surface area (Å²) < 4.78 is 6.00. The number of amides is 2. The predicted octanol–water partition coefficient (Wildman–Crippen LogP) is 2.02. The van der Waals surface area contributed by atoms with Crippen LogP contribution in [0.4, 0.5) is 0 Å². The van der Waals surface area contributed by atoms with Crippen LogP contribution in [0.15, 0.2) is 30.3 Å². The first-order chi connectivity index (χ1) is 11.5. The van der Waals surface area contributed by atoms with Crippen LogP contribution in [-0.4, -0.2) is 54.9 Å². The van der Waals surface area contributed by atoms with Gasteiger partial charge in [0.05, 0.1) is 13.2 Å². The van der Waals surface area contributed by atoms with Crippen LogP contribution in [0.2, 0.25) is 0 Å². The number of carbonyl (C=O) groups is 2. The largest absolute Gasteiger partial charge is 0.367 e. The molecule has 2 aliphatic heterocycles. The SMILES string of the molecule is CN1CCCC[C@H](C(=O)N2CCO[C@](C)(c3ccccc3)C2)C1=O. The molecule has 24 heavy (non-hydrogen) atoms. The zero-order chi connectivity index (χ0) is 17.2. The Morgan fingerprint density at radius 2 is 1.96 bits per heavy atom. The average Bonchev–Trinajstić information content (AvgIpc) is 2.77. The molecule has 0 unspecified atom stereocenters. The van der Waals surface area contributed by atoms with Gasteiger partial charge in [-0.05, 0) is 25.3 Å². The van der Waals surface area contributed by atoms with Gasteiger partial charge in [0.2, 0.25) is 11.8 Å². The van der Waals surface area contributed by atoms with E-state index in [-0.39, 0.29) is 11.8 Å². The second kappa shape index (κ2) is 6.93. The minimum Gasteiger partial charge on any atom is -0.367 e. The summed E-state index contributed by atoms with van der Waals surface area (Å²) >= 11 is 0. The smallest absolute Gasteiger partial charge is 0.235 e. The molecule has 1 aromatic carbocycles. The van der Waals surface area contributed by atoms with Gasteiger partial charge in [-0.3, -0.25) is 9.59 Å². The fourth-order valence-corrected chi connectivity index (χ4v) is 3.67. The van der Waals surface area contributed by atoms with Gasteiger partial charge in [-0.25, -0.2) is 0 Å². The van der Waals surface area contributed by atoms with Gasteiger partial charge < -0.3 is 14.5 Å². The summed E-state index contributed by atoms with van der Waals surface area (Å²) in [4.78, 5) is 29.0. The van der Waals surface area contributed by atoms with Gasteiger partial charge in [0.25, 0.3) is 0 Å². The maximum absolute atomic E-state index is 13.0. The molecule has 0 saturated carbocycles. The normalized spacial score (nSPS) is 28.6. The standard InChI is InChI=1S/C19H26N2O3/c1-19(15-8-4-3-5-9-15)14-21(12-13-24-19)18(23)16-10-6-7-11-20(2)17(16)22/h3-5,8-9,16H,6-7,10-14H2,1-2H3/t16-,19-/m0/s1. The highest BCUT2D eigenvalue weighted by Crippen LogP contribution is 2.30. The second-order valence-electron chi connectivity index (χ2n) is 7.01. The molecule has 0 aliphatic carbocycles. The molecule has 3 rings (SSSR count). The van der Waals surface area contributed by atoms with Crippen LogP contribution in [-0.2, 0) is 19.9 Å². The van der Waals surface area contributed by atoms with Crippen LogP contribution >= 0.6 is 0 Å². The molecule has 2 heterocycles. The zero-order valence-electron chi connectivity index (χ0n) is 14.5. The van der Waals surface area contributed by atoms with E-state index < -0.39 is 11.5 Å². The lowest BCUT2D eigenvalue weighted by atomic mass is 9.92. The Balaban J connectivity index is 1.76. The quantitative estimate of drug-likeness (QED) is 0.780. The van der Waals surface area contributed by atoms with Gasteiger partial charge in [-0.2, -0.15) is 0 Å². The molecule has 2 atom stereocenters. The number of ether oxygens (including phenoxy) is 1. The maximum atomic E-state index is 13.0. The predicted molar refractivity (Wildman–Crippen MR) is 91.3 cm³/mol. The van der Waals surface area contributed by atoms with E-state index in [1.165, 1.54) is 0 Å². The number of hydrogen-bond acceptors (Lipinski definition) is 3. The molecule has 0 spiro atoms. The number of rotatable bonds is 2. The number of hydrogen-bond donors (Lipinski definition) is 0. The average molecular weight is 330 g/mol. The van der Waals surface area contributed by atoms with Crippen LogP contribution in [0.1, 0.15) is 31.7 Å². The minimum absolute atomic E-state index is 0.0367. The van der Waals surface area contributed by atoms with Crippen molar-refractivity contribution < 1.29 is 14.3 Å². The van der Waals surface area contributed by atoms with E-state index >= 15 is 0 Å². The first-order valence-corrected chi connectivity index (χ1v) is 8.74. The van der Waals surface area contributed by atoms with Gasteiger partial charge in [0.1, 0.15) is 11.5 Å². The lowest BCUT2D eigenvalue weighted by Gasteiger charge is -2.42. The molecule has 0 bridgehead atoms. The molecular weight excluding hydrogens is 304 g/mol. The van der Waals surface area contributed by atoms with E-state index in [9.17, 15) is 9.59 Å². The molecule has 130 valence electrons. The van der Waals surface area contributed by atoms with Crippen molar-refractivity contribution >= 4 is 11.8 Å². The number of likely N-dealkylation sites (tertiary alicyclic amines) is 1. The first kappa shape index (κ1) is 17.0. The molecule has 0 aromatic heterocycles. The zero-order valence-corrected chi connectivity index (χ0v) is 14.5. The maximum Gasteiger partial charge on any atom is 0.235 e. The Morgan fingerprint density at radius 3 is 2.71 bits per heavy atom. The Kier molecular flexibility index (Phi) is 4.90. The van der Waals surface area contributed by atoms with Crippen LogP contribution in [0.3, 0.4) is 0 Å². The number of nitrogens with zero attached hydrogens (tertiary/aromatic N) is 2. The van der Waals surface area contributed by atoms with Gasteiger partial charge in [-0.15, -0.1) is 0 Å². The van der Waals surface area contributed by atoms with Crippen LogP contribution < -0.4 is 0 Å². The molecule has 0 N–H and O–H groups in total. The highest BCUT2D eigenvalue weighted by Gasteiger charge is 2.40. The molecule has 5 heteroatoms. The molecular formula is C19H26N2O3. The number of carbonyl (C=O) groups excluding carboxylic acids is 2. The second-order valence-corrected chi connectivity index (χ2v) is 7.01. The van der Waals surface area contributed by atoms with Crippen molar-refractivity contribution in [2.45, 2.75) is 31.8 Å². The fourth-order valence-electron chi connectivity index (χ4n) is 3.67. The van der Waals surface area contributed by atoms with Crippen LogP contribution in [0.5, 0.6) is 0 Å². The third-order valence-electron chi connectivity index (χ3n) is 5.18. The van der Waals surface area contributed by atoms with Crippen LogP contribution in [0, 0.1) is 5.92 Å². The topological polar surface area (TPSA) is 49.9 Å². The molecule has 5 nitrogen and oxygen atoms in total. The van der Waals surface area contributed by atoms with E-state index in [4.69, 9.17) is 4.74 Å². The molecule has 1 aromatic rings. The highest BCUT2D eigenvalue weighted by molar-refractivity contribution is 6.00. The molecule has 2 saturated heterocycles. The van der Waals surface area contributed by atoms with Crippen molar-refractivity contribution in [3.63, 3.8) is 0 Å². The molecule has 0 radical (unpaired) electrons. The van der Waals surface area contributed by atoms with Gasteiger partial charge in [-0.1, -0.05) is 36.8 Å². The summed E-state index contributed by atoms with van der Waals surface area (Å²) in [5.74, 6) is -0.611. The van der Waals surface area contributed by atoms with Crippen LogP contribution in [0.25, 0.3) is 0 Å². The molecule has 2 amide bonds. The summed E-state index contributed by atoms with van der Waals surface area (Å²) in [6.07, 6.45) is 2.55. The van der Waals surface area contributed by atoms with Crippen molar-refractivity contribution in [2.24, 2.45) is 5.92 Å². The number of benzene rings is 1.